The Labute approximate surface area is 135 Å². The van der Waals surface area contributed by atoms with E-state index in [1.807, 2.05) is 23.4 Å². The van der Waals surface area contributed by atoms with E-state index in [1.54, 1.807) is 19.3 Å². The third kappa shape index (κ3) is 3.06. The highest BCUT2D eigenvalue weighted by atomic mass is 16.2. The third-order valence-electron chi connectivity index (χ3n) is 4.43. The van der Waals surface area contributed by atoms with Crippen LogP contribution in [0.1, 0.15) is 40.6 Å². The summed E-state index contributed by atoms with van der Waals surface area (Å²) < 4.78 is 3.49. The molecule has 0 saturated carbocycles. The van der Waals surface area contributed by atoms with Crippen molar-refractivity contribution < 1.29 is 4.79 Å². The number of hydrogen-bond donors (Lipinski definition) is 0. The molecule has 2 aromatic heterocycles. The van der Waals surface area contributed by atoms with Crippen LogP contribution in [0.25, 0.3) is 0 Å². The van der Waals surface area contributed by atoms with Crippen molar-refractivity contribution in [2.75, 3.05) is 13.1 Å². The molecule has 0 aromatic carbocycles. The summed E-state index contributed by atoms with van der Waals surface area (Å²) in [5.74, 6) is -0.0751. The number of hydrogen-bond acceptors (Lipinski definition) is 3. The Morgan fingerprint density at radius 3 is 2.74 bits per heavy atom. The summed E-state index contributed by atoms with van der Waals surface area (Å²) in [7, 11) is 1.68. The molecule has 2 aromatic rings. The van der Waals surface area contributed by atoms with Gasteiger partial charge in [-0.25, -0.2) is 0 Å². The molecule has 6 heteroatoms. The van der Waals surface area contributed by atoms with Gasteiger partial charge in [0.2, 0.25) is 0 Å². The highest BCUT2D eigenvalue weighted by Crippen LogP contribution is 2.24. The quantitative estimate of drug-likeness (QED) is 0.847. The summed E-state index contributed by atoms with van der Waals surface area (Å²) in [6.07, 6.45) is 3.60. The lowest BCUT2D eigenvalue weighted by atomic mass is 10.0. The molecule has 6 nitrogen and oxygen atoms in total. The second kappa shape index (κ2) is 6.02. The van der Waals surface area contributed by atoms with Crippen LogP contribution < -0.4 is 5.56 Å². The zero-order valence-electron chi connectivity index (χ0n) is 13.8. The van der Waals surface area contributed by atoms with E-state index in [9.17, 15) is 9.59 Å². The van der Waals surface area contributed by atoms with Gasteiger partial charge in [0, 0.05) is 43.7 Å². The topological polar surface area (TPSA) is 60.1 Å². The highest BCUT2D eigenvalue weighted by molar-refractivity contribution is 5.94. The number of carbonyl (C=O) groups is 1. The molecule has 0 N–H and O–H groups in total. The number of likely N-dealkylation sites (tertiary alicyclic amines) is 1. The van der Waals surface area contributed by atoms with Crippen molar-refractivity contribution in [3.05, 3.63) is 51.7 Å². The molecule has 23 heavy (non-hydrogen) atoms. The first kappa shape index (κ1) is 15.5. The Kier molecular flexibility index (Phi) is 4.07. The minimum Gasteiger partial charge on any atom is -0.336 e. The van der Waals surface area contributed by atoms with Crippen molar-refractivity contribution >= 4 is 5.91 Å². The van der Waals surface area contributed by atoms with Crippen molar-refractivity contribution in [3.63, 3.8) is 0 Å². The van der Waals surface area contributed by atoms with E-state index in [4.69, 9.17) is 0 Å². The molecule has 0 aliphatic carbocycles. The summed E-state index contributed by atoms with van der Waals surface area (Å²) in [6.45, 7) is 5.39. The van der Waals surface area contributed by atoms with E-state index in [1.165, 1.54) is 10.6 Å². The van der Waals surface area contributed by atoms with E-state index in [0.717, 1.165) is 30.8 Å². The molecule has 0 spiro atoms. The number of nitrogens with zero attached hydrogens (tertiary/aromatic N) is 4. The van der Waals surface area contributed by atoms with Crippen molar-refractivity contribution in [1.82, 2.24) is 19.2 Å². The molecule has 122 valence electrons. The Balaban J connectivity index is 1.80. The van der Waals surface area contributed by atoms with Crippen LogP contribution in [-0.2, 0) is 7.05 Å². The maximum Gasteiger partial charge on any atom is 0.254 e. The summed E-state index contributed by atoms with van der Waals surface area (Å²) >= 11 is 0. The first-order valence-electron chi connectivity index (χ1n) is 7.94. The van der Waals surface area contributed by atoms with Gasteiger partial charge in [-0.2, -0.15) is 5.10 Å². The van der Waals surface area contributed by atoms with Crippen molar-refractivity contribution in [3.8, 4) is 0 Å². The fourth-order valence-electron chi connectivity index (χ4n) is 3.22. The number of aromatic nitrogens is 3. The summed E-state index contributed by atoms with van der Waals surface area (Å²) in [5, 5.41) is 4.55. The molecule has 1 saturated heterocycles. The minimum absolute atomic E-state index is 0.0751. The van der Waals surface area contributed by atoms with Crippen LogP contribution >= 0.6 is 0 Å². The average molecular weight is 314 g/mol. The van der Waals surface area contributed by atoms with Crippen LogP contribution in [0.15, 0.2) is 29.2 Å². The Morgan fingerprint density at radius 1 is 1.30 bits per heavy atom. The molecule has 3 rings (SSSR count). The molecule has 1 amide bonds. The van der Waals surface area contributed by atoms with E-state index in [-0.39, 0.29) is 17.5 Å². The van der Waals surface area contributed by atoms with Crippen LogP contribution in [0.2, 0.25) is 0 Å². The molecular formula is C17H22N4O2. The van der Waals surface area contributed by atoms with Gasteiger partial charge in [-0.1, -0.05) is 0 Å². The number of pyridine rings is 1. The minimum atomic E-state index is -0.164. The molecular weight excluding hydrogens is 292 g/mol. The monoisotopic (exact) mass is 314 g/mol. The van der Waals surface area contributed by atoms with Gasteiger partial charge in [-0.3, -0.25) is 14.3 Å². The average Bonchev–Trinajstić information content (AvgIpc) is 2.88. The van der Waals surface area contributed by atoms with Gasteiger partial charge in [-0.15, -0.1) is 0 Å². The van der Waals surface area contributed by atoms with Gasteiger partial charge in [0.05, 0.1) is 11.7 Å². The molecule has 1 atom stereocenters. The van der Waals surface area contributed by atoms with Crippen LogP contribution in [0.4, 0.5) is 0 Å². The van der Waals surface area contributed by atoms with Gasteiger partial charge in [0.15, 0.2) is 0 Å². The Morgan fingerprint density at radius 2 is 2.09 bits per heavy atom. The number of amides is 1. The van der Waals surface area contributed by atoms with Gasteiger partial charge in [-0.05, 0) is 38.8 Å². The lowest BCUT2D eigenvalue weighted by Crippen LogP contribution is -2.41. The second-order valence-electron chi connectivity index (χ2n) is 6.28. The zero-order chi connectivity index (χ0) is 16.6. The van der Waals surface area contributed by atoms with Crippen molar-refractivity contribution in [2.24, 2.45) is 7.05 Å². The molecule has 0 bridgehead atoms. The SMILES string of the molecule is Cc1cc(C)n([C@@H]2CCCN(C(=O)c3ccn(C)c(=O)c3)C2)n1. The van der Waals surface area contributed by atoms with Crippen LogP contribution in [-0.4, -0.2) is 38.2 Å². The number of rotatable bonds is 2. The first-order valence-corrected chi connectivity index (χ1v) is 7.94. The molecule has 1 aliphatic heterocycles. The van der Waals surface area contributed by atoms with Crippen molar-refractivity contribution in [2.45, 2.75) is 32.7 Å². The maximum atomic E-state index is 12.7. The molecule has 0 unspecified atom stereocenters. The normalized spacial score (nSPS) is 18.2. The Bertz CT molecular complexity index is 790. The van der Waals surface area contributed by atoms with Crippen molar-refractivity contribution in [1.29, 1.82) is 0 Å². The summed E-state index contributed by atoms with van der Waals surface area (Å²) in [5.41, 5.74) is 2.41. The fraction of sp³-hybridized carbons (Fsp3) is 0.471. The van der Waals surface area contributed by atoms with Gasteiger partial charge in [0.1, 0.15) is 0 Å². The molecule has 3 heterocycles. The fourth-order valence-corrected chi connectivity index (χ4v) is 3.22. The Hall–Kier alpha value is -2.37. The second-order valence-corrected chi connectivity index (χ2v) is 6.28. The molecule has 1 fully saturated rings. The lowest BCUT2D eigenvalue weighted by Gasteiger charge is -2.33. The van der Waals surface area contributed by atoms with Gasteiger partial charge >= 0.3 is 0 Å². The number of carbonyl (C=O) groups excluding carboxylic acids is 1. The van der Waals surface area contributed by atoms with E-state index < -0.39 is 0 Å². The highest BCUT2D eigenvalue weighted by Gasteiger charge is 2.27. The van der Waals surface area contributed by atoms with Gasteiger partial charge in [0.25, 0.3) is 11.5 Å². The predicted molar refractivity (Wildman–Crippen MR) is 87.6 cm³/mol. The first-order chi connectivity index (χ1) is 11.0. The predicted octanol–water partition coefficient (Wildman–Crippen LogP) is 1.68. The van der Waals surface area contributed by atoms with Crippen LogP contribution in [0, 0.1) is 13.8 Å². The molecule has 0 radical (unpaired) electrons. The number of piperidine rings is 1. The summed E-state index contributed by atoms with van der Waals surface area (Å²) in [6, 6.07) is 5.38. The number of aryl methyl sites for hydroxylation is 3. The van der Waals surface area contributed by atoms with E-state index in [0.29, 0.717) is 12.1 Å². The van der Waals surface area contributed by atoms with Crippen LogP contribution in [0.5, 0.6) is 0 Å². The molecule has 1 aliphatic rings. The van der Waals surface area contributed by atoms with E-state index >= 15 is 0 Å². The summed E-state index contributed by atoms with van der Waals surface area (Å²) in [4.78, 5) is 26.2. The maximum absolute atomic E-state index is 12.7. The third-order valence-corrected chi connectivity index (χ3v) is 4.43. The zero-order valence-corrected chi connectivity index (χ0v) is 13.8. The largest absolute Gasteiger partial charge is 0.336 e. The van der Waals surface area contributed by atoms with Crippen LogP contribution in [0.3, 0.4) is 0 Å². The smallest absolute Gasteiger partial charge is 0.254 e. The lowest BCUT2D eigenvalue weighted by molar-refractivity contribution is 0.0671. The standard InChI is InChI=1S/C17H22N4O2/c1-12-9-13(2)21(18-12)15-5-4-7-20(11-15)17(23)14-6-8-19(3)16(22)10-14/h6,8-10,15H,4-5,7,11H2,1-3H3/t15-/m1/s1. The van der Waals surface area contributed by atoms with Gasteiger partial charge < -0.3 is 9.47 Å². The van der Waals surface area contributed by atoms with E-state index in [2.05, 4.69) is 11.2 Å².